The molecule has 1 N–H and O–H groups in total. The summed E-state index contributed by atoms with van der Waals surface area (Å²) in [6, 6.07) is 8.97. The van der Waals surface area contributed by atoms with E-state index in [0.717, 1.165) is 12.5 Å². The molecule has 0 amide bonds. The number of benzene rings is 1. The van der Waals surface area contributed by atoms with Crippen LogP contribution in [0.25, 0.3) is 0 Å². The fourth-order valence-corrected chi connectivity index (χ4v) is 2.01. The lowest BCUT2D eigenvalue weighted by atomic mass is 10.1. The van der Waals surface area contributed by atoms with Gasteiger partial charge in [0.1, 0.15) is 0 Å². The standard InChI is InChI=1S/C12H19NOS/c1-4-14-9-15-12-7-5-6-11(8-12)10(2)13-3/h5-8,10,13H,4,9H2,1-3H3. The van der Waals surface area contributed by atoms with Crippen molar-refractivity contribution in [1.82, 2.24) is 5.32 Å². The number of rotatable bonds is 6. The highest BCUT2D eigenvalue weighted by molar-refractivity contribution is 7.99. The first-order valence-electron chi connectivity index (χ1n) is 5.25. The molecule has 0 aliphatic carbocycles. The second-order valence-electron chi connectivity index (χ2n) is 3.34. The summed E-state index contributed by atoms with van der Waals surface area (Å²) < 4.78 is 5.31. The van der Waals surface area contributed by atoms with Gasteiger partial charge >= 0.3 is 0 Å². The van der Waals surface area contributed by atoms with Crippen LogP contribution < -0.4 is 5.32 Å². The van der Waals surface area contributed by atoms with E-state index in [9.17, 15) is 0 Å². The quantitative estimate of drug-likeness (QED) is 0.457. The Morgan fingerprint density at radius 1 is 1.47 bits per heavy atom. The number of nitrogens with one attached hydrogen (secondary N) is 1. The molecule has 1 aromatic rings. The molecule has 0 aromatic heterocycles. The Morgan fingerprint density at radius 2 is 2.27 bits per heavy atom. The van der Waals surface area contributed by atoms with Crippen LogP contribution in [0.15, 0.2) is 29.2 Å². The van der Waals surface area contributed by atoms with Crippen molar-refractivity contribution in [3.63, 3.8) is 0 Å². The Hall–Kier alpha value is -0.510. The fraction of sp³-hybridized carbons (Fsp3) is 0.500. The van der Waals surface area contributed by atoms with Gasteiger partial charge in [0, 0.05) is 17.5 Å². The van der Waals surface area contributed by atoms with Crippen molar-refractivity contribution in [2.45, 2.75) is 24.8 Å². The van der Waals surface area contributed by atoms with E-state index < -0.39 is 0 Å². The Morgan fingerprint density at radius 3 is 2.93 bits per heavy atom. The molecule has 0 heterocycles. The molecule has 0 spiro atoms. The summed E-state index contributed by atoms with van der Waals surface area (Å²) in [5, 5.41) is 3.24. The van der Waals surface area contributed by atoms with Gasteiger partial charge in [0.25, 0.3) is 0 Å². The molecular weight excluding hydrogens is 206 g/mol. The average Bonchev–Trinajstić information content (AvgIpc) is 2.29. The Kier molecular flexibility index (Phi) is 5.76. The molecule has 1 rings (SSSR count). The molecule has 1 unspecified atom stereocenters. The van der Waals surface area contributed by atoms with Crippen LogP contribution in [0.1, 0.15) is 25.5 Å². The van der Waals surface area contributed by atoms with Gasteiger partial charge in [-0.15, -0.1) is 0 Å². The number of hydrogen-bond acceptors (Lipinski definition) is 3. The van der Waals surface area contributed by atoms with Crippen LogP contribution in [0.5, 0.6) is 0 Å². The lowest BCUT2D eigenvalue weighted by molar-refractivity contribution is 0.199. The normalized spacial score (nSPS) is 12.7. The average molecular weight is 225 g/mol. The molecule has 0 aliphatic heterocycles. The predicted octanol–water partition coefficient (Wildman–Crippen LogP) is 3.05. The van der Waals surface area contributed by atoms with Gasteiger partial charge in [-0.2, -0.15) is 0 Å². The molecule has 0 saturated heterocycles. The lowest BCUT2D eigenvalue weighted by Crippen LogP contribution is -2.12. The maximum atomic E-state index is 5.31. The van der Waals surface area contributed by atoms with Gasteiger partial charge in [0.15, 0.2) is 0 Å². The van der Waals surface area contributed by atoms with Crippen molar-refractivity contribution in [3.8, 4) is 0 Å². The molecule has 0 saturated carbocycles. The third kappa shape index (κ3) is 4.24. The number of hydrogen-bond donors (Lipinski definition) is 1. The van der Waals surface area contributed by atoms with E-state index >= 15 is 0 Å². The fourth-order valence-electron chi connectivity index (χ4n) is 1.23. The third-order valence-electron chi connectivity index (χ3n) is 2.30. The second kappa shape index (κ2) is 6.88. The largest absolute Gasteiger partial charge is 0.371 e. The van der Waals surface area contributed by atoms with Crippen molar-refractivity contribution in [3.05, 3.63) is 29.8 Å². The summed E-state index contributed by atoms with van der Waals surface area (Å²) in [5.41, 5.74) is 1.32. The molecule has 0 radical (unpaired) electrons. The van der Waals surface area contributed by atoms with Crippen LogP contribution in [0.3, 0.4) is 0 Å². The van der Waals surface area contributed by atoms with Gasteiger partial charge in [-0.3, -0.25) is 0 Å². The topological polar surface area (TPSA) is 21.3 Å². The van der Waals surface area contributed by atoms with Gasteiger partial charge in [-0.25, -0.2) is 0 Å². The molecule has 15 heavy (non-hydrogen) atoms. The SMILES string of the molecule is CCOCSc1cccc(C(C)NC)c1. The summed E-state index contributed by atoms with van der Waals surface area (Å²) in [7, 11) is 1.98. The zero-order valence-electron chi connectivity index (χ0n) is 9.62. The number of ether oxygens (including phenoxy) is 1. The smallest absolute Gasteiger partial charge is 0.0966 e. The summed E-state index contributed by atoms with van der Waals surface area (Å²) in [5.74, 6) is 0.730. The zero-order chi connectivity index (χ0) is 11.1. The summed E-state index contributed by atoms with van der Waals surface area (Å²) >= 11 is 1.74. The molecule has 1 atom stereocenters. The van der Waals surface area contributed by atoms with Crippen LogP contribution in [0, 0.1) is 0 Å². The lowest BCUT2D eigenvalue weighted by Gasteiger charge is -2.11. The van der Waals surface area contributed by atoms with Gasteiger partial charge in [-0.05, 0) is 38.6 Å². The highest BCUT2D eigenvalue weighted by atomic mass is 32.2. The Labute approximate surface area is 96.4 Å². The maximum absolute atomic E-state index is 5.31. The van der Waals surface area contributed by atoms with Crippen LogP contribution in [0.2, 0.25) is 0 Å². The van der Waals surface area contributed by atoms with Gasteiger partial charge in [-0.1, -0.05) is 23.9 Å². The van der Waals surface area contributed by atoms with E-state index in [1.54, 1.807) is 11.8 Å². The first kappa shape index (κ1) is 12.6. The maximum Gasteiger partial charge on any atom is 0.0966 e. The highest BCUT2D eigenvalue weighted by Crippen LogP contribution is 2.22. The second-order valence-corrected chi connectivity index (χ2v) is 4.33. The van der Waals surface area contributed by atoms with Crippen molar-refractivity contribution in [1.29, 1.82) is 0 Å². The summed E-state index contributed by atoms with van der Waals surface area (Å²) in [6.07, 6.45) is 0. The molecular formula is C12H19NOS. The van der Waals surface area contributed by atoms with E-state index in [1.165, 1.54) is 10.5 Å². The first-order chi connectivity index (χ1) is 7.27. The van der Waals surface area contributed by atoms with E-state index in [0.29, 0.717) is 6.04 Å². The predicted molar refractivity (Wildman–Crippen MR) is 66.3 cm³/mol. The molecule has 0 aliphatic rings. The van der Waals surface area contributed by atoms with Crippen LogP contribution in [-0.2, 0) is 4.74 Å². The molecule has 0 bridgehead atoms. The highest BCUT2D eigenvalue weighted by Gasteiger charge is 2.02. The van der Waals surface area contributed by atoms with E-state index in [1.807, 2.05) is 14.0 Å². The minimum atomic E-state index is 0.401. The molecule has 2 nitrogen and oxygen atoms in total. The van der Waals surface area contributed by atoms with E-state index in [-0.39, 0.29) is 0 Å². The van der Waals surface area contributed by atoms with Crippen molar-refractivity contribution < 1.29 is 4.74 Å². The monoisotopic (exact) mass is 225 g/mol. The minimum Gasteiger partial charge on any atom is -0.371 e. The van der Waals surface area contributed by atoms with Crippen molar-refractivity contribution in [2.75, 3.05) is 19.6 Å². The van der Waals surface area contributed by atoms with Crippen molar-refractivity contribution in [2.24, 2.45) is 0 Å². The van der Waals surface area contributed by atoms with Gasteiger partial charge < -0.3 is 10.1 Å². The third-order valence-corrected chi connectivity index (χ3v) is 3.18. The summed E-state index contributed by atoms with van der Waals surface area (Å²) in [4.78, 5) is 1.27. The van der Waals surface area contributed by atoms with E-state index in [4.69, 9.17) is 4.74 Å². The van der Waals surface area contributed by atoms with E-state index in [2.05, 4.69) is 36.5 Å². The van der Waals surface area contributed by atoms with Crippen molar-refractivity contribution >= 4 is 11.8 Å². The van der Waals surface area contributed by atoms with Gasteiger partial charge in [0.05, 0.1) is 5.94 Å². The minimum absolute atomic E-state index is 0.401. The molecule has 84 valence electrons. The molecule has 0 fully saturated rings. The zero-order valence-corrected chi connectivity index (χ0v) is 10.4. The molecule has 3 heteroatoms. The Bertz CT molecular complexity index is 291. The summed E-state index contributed by atoms with van der Waals surface area (Å²) in [6.45, 7) is 4.95. The van der Waals surface area contributed by atoms with Gasteiger partial charge in [0.2, 0.25) is 0 Å². The number of thioether (sulfide) groups is 1. The Balaban J connectivity index is 2.57. The van der Waals surface area contributed by atoms with Crippen LogP contribution in [0.4, 0.5) is 0 Å². The van der Waals surface area contributed by atoms with Crippen LogP contribution in [-0.4, -0.2) is 19.6 Å². The molecule has 1 aromatic carbocycles. The first-order valence-corrected chi connectivity index (χ1v) is 6.24. The van der Waals surface area contributed by atoms with Crippen LogP contribution >= 0.6 is 11.8 Å².